The van der Waals surface area contributed by atoms with E-state index in [9.17, 15) is 18.4 Å². The third-order valence-electron chi connectivity index (χ3n) is 2.18. The number of benzene rings is 1. The van der Waals surface area contributed by atoms with E-state index >= 15 is 0 Å². The van der Waals surface area contributed by atoms with Crippen LogP contribution in [-0.4, -0.2) is 25.3 Å². The Bertz CT molecular complexity index is 447. The second-order valence-electron chi connectivity index (χ2n) is 3.40. The summed E-state index contributed by atoms with van der Waals surface area (Å²) in [6.45, 7) is 1.65. The first kappa shape index (κ1) is 13.1. The summed E-state index contributed by atoms with van der Waals surface area (Å²) in [6, 6.07) is 4.48. The Morgan fingerprint density at radius 3 is 2.47 bits per heavy atom. The number of halogens is 2. The summed E-state index contributed by atoms with van der Waals surface area (Å²) in [4.78, 5) is 22.2. The minimum Gasteiger partial charge on any atom is -0.355 e. The topological polar surface area (TPSA) is 58.2 Å². The normalized spacial score (nSPS) is 10.2. The Morgan fingerprint density at radius 1 is 1.29 bits per heavy atom. The lowest BCUT2D eigenvalue weighted by Crippen LogP contribution is -2.22. The molecule has 0 radical (unpaired) electrons. The summed E-state index contributed by atoms with van der Waals surface area (Å²) in [5.74, 6) is -1.74. The van der Waals surface area contributed by atoms with Crippen LogP contribution in [0.3, 0.4) is 0 Å². The van der Waals surface area contributed by atoms with Gasteiger partial charge < -0.3 is 10.6 Å². The third kappa shape index (κ3) is 3.24. The average molecular weight is 242 g/mol. The Morgan fingerprint density at radius 2 is 1.94 bits per heavy atom. The molecule has 0 saturated carbocycles. The molecule has 0 aliphatic heterocycles. The molecule has 2 N–H and O–H groups in total. The van der Waals surface area contributed by atoms with Gasteiger partial charge in [0, 0.05) is 18.3 Å². The molecule has 0 unspecified atom stereocenters. The number of nitrogens with one attached hydrogen (secondary N) is 2. The highest BCUT2D eigenvalue weighted by atomic mass is 19.3. The van der Waals surface area contributed by atoms with Crippen molar-refractivity contribution in [3.8, 4) is 0 Å². The van der Waals surface area contributed by atoms with E-state index in [1.807, 2.05) is 0 Å². The first-order valence-corrected chi connectivity index (χ1v) is 4.87. The van der Waals surface area contributed by atoms with E-state index in [-0.39, 0.29) is 11.6 Å². The van der Waals surface area contributed by atoms with Crippen molar-refractivity contribution >= 4 is 17.5 Å². The lowest BCUT2D eigenvalue weighted by Gasteiger charge is -2.09. The van der Waals surface area contributed by atoms with Gasteiger partial charge in [0.1, 0.15) is 0 Å². The number of aryl methyl sites for hydroxylation is 1. The van der Waals surface area contributed by atoms with E-state index < -0.39 is 12.3 Å². The standard InChI is InChI=1S/C11H12F2N2O2/c1-6-3-4-7(10(16)14-2)5-8(6)15-11(17)9(12)13/h3-5,9H,1-2H3,(H,14,16)(H,15,17). The lowest BCUT2D eigenvalue weighted by molar-refractivity contribution is -0.126. The fraction of sp³-hybridized carbons (Fsp3) is 0.273. The summed E-state index contributed by atoms with van der Waals surface area (Å²) < 4.78 is 24.2. The maximum absolute atomic E-state index is 12.1. The molecule has 0 spiro atoms. The molecule has 0 aliphatic carbocycles. The second-order valence-corrected chi connectivity index (χ2v) is 3.40. The second kappa shape index (κ2) is 5.38. The van der Waals surface area contributed by atoms with Crippen LogP contribution in [0.1, 0.15) is 15.9 Å². The summed E-state index contributed by atoms with van der Waals surface area (Å²) in [5.41, 5.74) is 1.10. The molecule has 0 atom stereocenters. The van der Waals surface area contributed by atoms with E-state index in [0.29, 0.717) is 11.1 Å². The van der Waals surface area contributed by atoms with Gasteiger partial charge in [-0.05, 0) is 24.6 Å². The van der Waals surface area contributed by atoms with Gasteiger partial charge in [0.05, 0.1) is 0 Å². The largest absolute Gasteiger partial charge is 0.355 e. The molecule has 1 aromatic carbocycles. The van der Waals surface area contributed by atoms with Gasteiger partial charge in [0.25, 0.3) is 11.8 Å². The lowest BCUT2D eigenvalue weighted by atomic mass is 10.1. The van der Waals surface area contributed by atoms with Crippen LogP contribution in [-0.2, 0) is 4.79 Å². The number of anilines is 1. The number of alkyl halides is 2. The highest BCUT2D eigenvalue weighted by Gasteiger charge is 2.16. The van der Waals surface area contributed by atoms with Gasteiger partial charge in [-0.25, -0.2) is 0 Å². The molecule has 92 valence electrons. The van der Waals surface area contributed by atoms with Gasteiger partial charge in [-0.2, -0.15) is 8.78 Å². The van der Waals surface area contributed by atoms with E-state index in [1.165, 1.54) is 13.1 Å². The molecule has 17 heavy (non-hydrogen) atoms. The maximum Gasteiger partial charge on any atom is 0.315 e. The van der Waals surface area contributed by atoms with Crippen LogP contribution in [0.25, 0.3) is 0 Å². The zero-order chi connectivity index (χ0) is 13.0. The van der Waals surface area contributed by atoms with Crippen molar-refractivity contribution in [3.63, 3.8) is 0 Å². The summed E-state index contributed by atoms with van der Waals surface area (Å²) >= 11 is 0. The SMILES string of the molecule is CNC(=O)c1ccc(C)c(NC(=O)C(F)F)c1. The molecule has 0 aromatic heterocycles. The molecular formula is C11H12F2N2O2. The Hall–Kier alpha value is -1.98. The number of hydrogen-bond acceptors (Lipinski definition) is 2. The molecule has 2 amide bonds. The van der Waals surface area contributed by atoms with Crippen molar-refractivity contribution in [2.75, 3.05) is 12.4 Å². The number of carbonyl (C=O) groups is 2. The summed E-state index contributed by atoms with van der Waals surface area (Å²) in [5, 5.41) is 4.46. The molecule has 0 heterocycles. The average Bonchev–Trinajstić information content (AvgIpc) is 2.30. The van der Waals surface area contributed by atoms with Crippen molar-refractivity contribution in [1.82, 2.24) is 5.32 Å². The van der Waals surface area contributed by atoms with Gasteiger partial charge in [0.2, 0.25) is 0 Å². The quantitative estimate of drug-likeness (QED) is 0.845. The molecular weight excluding hydrogens is 230 g/mol. The minimum atomic E-state index is -3.09. The Kier molecular flexibility index (Phi) is 4.14. The maximum atomic E-state index is 12.1. The van der Waals surface area contributed by atoms with Gasteiger partial charge in [0.15, 0.2) is 0 Å². The van der Waals surface area contributed by atoms with Gasteiger partial charge in [-0.15, -0.1) is 0 Å². The zero-order valence-electron chi connectivity index (χ0n) is 9.38. The summed E-state index contributed by atoms with van der Waals surface area (Å²) in [7, 11) is 1.46. The molecule has 0 aliphatic rings. The smallest absolute Gasteiger partial charge is 0.315 e. The minimum absolute atomic E-state index is 0.205. The monoisotopic (exact) mass is 242 g/mol. The van der Waals surface area contributed by atoms with Crippen LogP contribution in [0.4, 0.5) is 14.5 Å². The molecule has 6 heteroatoms. The van der Waals surface area contributed by atoms with Crippen molar-refractivity contribution in [2.24, 2.45) is 0 Å². The van der Waals surface area contributed by atoms with Crippen molar-refractivity contribution in [2.45, 2.75) is 13.3 Å². The van der Waals surface area contributed by atoms with Crippen molar-refractivity contribution in [3.05, 3.63) is 29.3 Å². The Labute approximate surface area is 97.0 Å². The third-order valence-corrected chi connectivity index (χ3v) is 2.18. The fourth-order valence-corrected chi connectivity index (χ4v) is 1.23. The first-order chi connectivity index (χ1) is 7.95. The van der Waals surface area contributed by atoms with Crippen LogP contribution in [0.2, 0.25) is 0 Å². The molecule has 0 saturated heterocycles. The van der Waals surface area contributed by atoms with Crippen molar-refractivity contribution < 1.29 is 18.4 Å². The Balaban J connectivity index is 2.99. The number of carbonyl (C=O) groups excluding carboxylic acids is 2. The van der Waals surface area contributed by atoms with Crippen LogP contribution >= 0.6 is 0 Å². The first-order valence-electron chi connectivity index (χ1n) is 4.87. The number of rotatable bonds is 3. The fourth-order valence-electron chi connectivity index (χ4n) is 1.23. The number of amides is 2. The number of hydrogen-bond donors (Lipinski definition) is 2. The van der Waals surface area contributed by atoms with Gasteiger partial charge in [-0.3, -0.25) is 9.59 Å². The summed E-state index contributed by atoms with van der Waals surface area (Å²) in [6.07, 6.45) is -3.09. The van der Waals surface area contributed by atoms with Crippen LogP contribution in [0, 0.1) is 6.92 Å². The highest BCUT2D eigenvalue weighted by molar-refractivity contribution is 5.98. The van der Waals surface area contributed by atoms with E-state index in [0.717, 1.165) is 0 Å². The van der Waals surface area contributed by atoms with Crippen molar-refractivity contribution in [1.29, 1.82) is 0 Å². The van der Waals surface area contributed by atoms with Crippen LogP contribution in [0.5, 0.6) is 0 Å². The molecule has 1 aromatic rings. The molecule has 1 rings (SSSR count). The predicted octanol–water partition coefficient (Wildman–Crippen LogP) is 1.56. The van der Waals surface area contributed by atoms with E-state index in [1.54, 1.807) is 19.1 Å². The van der Waals surface area contributed by atoms with Gasteiger partial charge >= 0.3 is 6.43 Å². The van der Waals surface area contributed by atoms with E-state index in [2.05, 4.69) is 10.6 Å². The highest BCUT2D eigenvalue weighted by Crippen LogP contribution is 2.17. The van der Waals surface area contributed by atoms with Crippen LogP contribution < -0.4 is 10.6 Å². The zero-order valence-corrected chi connectivity index (χ0v) is 9.38. The van der Waals surface area contributed by atoms with Gasteiger partial charge in [-0.1, -0.05) is 6.07 Å². The van der Waals surface area contributed by atoms with Crippen LogP contribution in [0.15, 0.2) is 18.2 Å². The van der Waals surface area contributed by atoms with E-state index in [4.69, 9.17) is 0 Å². The molecule has 0 bridgehead atoms. The molecule has 4 nitrogen and oxygen atoms in total. The predicted molar refractivity (Wildman–Crippen MR) is 59.2 cm³/mol. The molecule has 0 fully saturated rings.